The van der Waals surface area contributed by atoms with Crippen LogP contribution in [0.4, 0.5) is 5.82 Å². The van der Waals surface area contributed by atoms with Crippen LogP contribution in [0.15, 0.2) is 0 Å². The van der Waals surface area contributed by atoms with Crippen LogP contribution in [0.5, 0.6) is 0 Å². The van der Waals surface area contributed by atoms with E-state index in [9.17, 15) is 0 Å². The molecule has 0 amide bonds. The van der Waals surface area contributed by atoms with E-state index in [2.05, 4.69) is 30.9 Å². The highest BCUT2D eigenvalue weighted by Crippen LogP contribution is 2.27. The van der Waals surface area contributed by atoms with Crippen molar-refractivity contribution < 1.29 is 0 Å². The third-order valence-electron chi connectivity index (χ3n) is 3.96. The Morgan fingerprint density at radius 2 is 1.94 bits per heavy atom. The molecule has 1 saturated heterocycles. The molecule has 2 rings (SSSR count). The van der Waals surface area contributed by atoms with Gasteiger partial charge in [0.1, 0.15) is 5.82 Å². The van der Waals surface area contributed by atoms with E-state index in [0.29, 0.717) is 0 Å². The number of nitrogens with zero attached hydrogens (tertiary/aromatic N) is 3. The third kappa shape index (κ3) is 2.69. The summed E-state index contributed by atoms with van der Waals surface area (Å²) in [5, 5.41) is 4.59. The average molecular weight is 250 g/mol. The second-order valence-electron chi connectivity index (χ2n) is 5.43. The molecule has 0 spiro atoms. The fourth-order valence-electron chi connectivity index (χ4n) is 2.84. The Kier molecular flexibility index (Phi) is 4.27. The summed E-state index contributed by atoms with van der Waals surface area (Å²) in [4.78, 5) is 2.49. The van der Waals surface area contributed by atoms with E-state index in [1.54, 1.807) is 0 Å². The SMILES string of the molecule is CCC(N)Cc1c(C)nn(C)c1N1CCCCC1. The summed E-state index contributed by atoms with van der Waals surface area (Å²) >= 11 is 0. The van der Waals surface area contributed by atoms with Crippen molar-refractivity contribution in [2.45, 2.75) is 52.0 Å². The number of hydrogen-bond donors (Lipinski definition) is 1. The molecule has 1 aromatic rings. The molecule has 4 nitrogen and oxygen atoms in total. The second-order valence-corrected chi connectivity index (χ2v) is 5.43. The Morgan fingerprint density at radius 1 is 1.28 bits per heavy atom. The maximum atomic E-state index is 6.13. The quantitative estimate of drug-likeness (QED) is 0.889. The molecule has 2 heterocycles. The predicted molar refractivity (Wildman–Crippen MR) is 76.0 cm³/mol. The number of piperidine rings is 1. The van der Waals surface area contributed by atoms with Crippen LogP contribution >= 0.6 is 0 Å². The maximum Gasteiger partial charge on any atom is 0.130 e. The number of hydrogen-bond acceptors (Lipinski definition) is 3. The third-order valence-corrected chi connectivity index (χ3v) is 3.96. The van der Waals surface area contributed by atoms with Crippen molar-refractivity contribution in [1.29, 1.82) is 0 Å². The highest BCUT2D eigenvalue weighted by Gasteiger charge is 2.21. The molecular formula is C14H26N4. The lowest BCUT2D eigenvalue weighted by Crippen LogP contribution is -2.32. The number of rotatable bonds is 4. The lowest BCUT2D eigenvalue weighted by molar-refractivity contribution is 0.557. The van der Waals surface area contributed by atoms with Gasteiger partial charge in [-0.3, -0.25) is 4.68 Å². The fraction of sp³-hybridized carbons (Fsp3) is 0.786. The first-order chi connectivity index (χ1) is 8.63. The topological polar surface area (TPSA) is 47.1 Å². The molecular weight excluding hydrogens is 224 g/mol. The highest BCUT2D eigenvalue weighted by atomic mass is 15.4. The van der Waals surface area contributed by atoms with Gasteiger partial charge in [-0.15, -0.1) is 0 Å². The van der Waals surface area contributed by atoms with Crippen LogP contribution in [0.1, 0.15) is 43.9 Å². The Balaban J connectivity index is 2.26. The maximum absolute atomic E-state index is 6.13. The summed E-state index contributed by atoms with van der Waals surface area (Å²) < 4.78 is 2.04. The zero-order chi connectivity index (χ0) is 13.1. The first kappa shape index (κ1) is 13.4. The molecule has 1 unspecified atom stereocenters. The van der Waals surface area contributed by atoms with Crippen molar-refractivity contribution in [2.75, 3.05) is 18.0 Å². The summed E-state index contributed by atoms with van der Waals surface area (Å²) in [5.41, 5.74) is 8.62. The van der Waals surface area contributed by atoms with E-state index in [0.717, 1.165) is 31.6 Å². The summed E-state index contributed by atoms with van der Waals surface area (Å²) in [5.74, 6) is 1.30. The number of anilines is 1. The van der Waals surface area contributed by atoms with E-state index < -0.39 is 0 Å². The summed E-state index contributed by atoms with van der Waals surface area (Å²) in [7, 11) is 2.05. The van der Waals surface area contributed by atoms with Crippen molar-refractivity contribution >= 4 is 5.82 Å². The Bertz CT molecular complexity index is 391. The number of aromatic nitrogens is 2. The molecule has 102 valence electrons. The monoisotopic (exact) mass is 250 g/mol. The molecule has 0 saturated carbocycles. The smallest absolute Gasteiger partial charge is 0.130 e. The van der Waals surface area contributed by atoms with Gasteiger partial charge < -0.3 is 10.6 Å². The Labute approximate surface area is 110 Å². The molecule has 1 atom stereocenters. The van der Waals surface area contributed by atoms with Crippen LogP contribution in [0.3, 0.4) is 0 Å². The highest BCUT2D eigenvalue weighted by molar-refractivity contribution is 5.50. The summed E-state index contributed by atoms with van der Waals surface area (Å²) in [6.07, 6.45) is 5.92. The van der Waals surface area contributed by atoms with Crippen LogP contribution in [0.25, 0.3) is 0 Å². The second kappa shape index (κ2) is 5.74. The number of nitrogens with two attached hydrogens (primary N) is 1. The van der Waals surface area contributed by atoms with Crippen molar-refractivity contribution in [3.8, 4) is 0 Å². The molecule has 0 radical (unpaired) electrons. The predicted octanol–water partition coefficient (Wildman–Crippen LogP) is 2.00. The molecule has 0 aliphatic carbocycles. The van der Waals surface area contributed by atoms with Crippen molar-refractivity contribution in [3.63, 3.8) is 0 Å². The molecule has 0 aromatic carbocycles. The van der Waals surface area contributed by atoms with Crippen LogP contribution in [-0.4, -0.2) is 28.9 Å². The number of aryl methyl sites for hydroxylation is 2. The van der Waals surface area contributed by atoms with Crippen LogP contribution < -0.4 is 10.6 Å². The molecule has 1 aromatic heterocycles. The molecule has 1 aliphatic heterocycles. The average Bonchev–Trinajstić information content (AvgIpc) is 2.65. The lowest BCUT2D eigenvalue weighted by Gasteiger charge is -2.30. The zero-order valence-electron chi connectivity index (χ0n) is 11.9. The van der Waals surface area contributed by atoms with Gasteiger partial charge in [-0.25, -0.2) is 0 Å². The fourth-order valence-corrected chi connectivity index (χ4v) is 2.84. The molecule has 4 heteroatoms. The first-order valence-electron chi connectivity index (χ1n) is 7.16. The molecule has 2 N–H and O–H groups in total. The Morgan fingerprint density at radius 3 is 2.56 bits per heavy atom. The molecule has 1 fully saturated rings. The normalized spacial score (nSPS) is 18.1. The minimum Gasteiger partial charge on any atom is -0.357 e. The van der Waals surface area contributed by atoms with Crippen LogP contribution in [0.2, 0.25) is 0 Å². The van der Waals surface area contributed by atoms with Gasteiger partial charge in [0, 0.05) is 31.7 Å². The van der Waals surface area contributed by atoms with E-state index in [1.165, 1.54) is 30.6 Å². The van der Waals surface area contributed by atoms with Gasteiger partial charge in [-0.1, -0.05) is 6.92 Å². The van der Waals surface area contributed by atoms with Gasteiger partial charge in [-0.05, 0) is 39.0 Å². The van der Waals surface area contributed by atoms with E-state index >= 15 is 0 Å². The zero-order valence-corrected chi connectivity index (χ0v) is 11.9. The largest absolute Gasteiger partial charge is 0.357 e. The molecule has 18 heavy (non-hydrogen) atoms. The molecule has 0 bridgehead atoms. The van der Waals surface area contributed by atoms with Gasteiger partial charge in [0.15, 0.2) is 0 Å². The van der Waals surface area contributed by atoms with E-state index in [4.69, 9.17) is 5.73 Å². The van der Waals surface area contributed by atoms with Crippen molar-refractivity contribution in [1.82, 2.24) is 9.78 Å². The lowest BCUT2D eigenvalue weighted by atomic mass is 10.0. The van der Waals surface area contributed by atoms with Gasteiger partial charge in [0.05, 0.1) is 5.69 Å². The van der Waals surface area contributed by atoms with E-state index in [1.807, 2.05) is 4.68 Å². The van der Waals surface area contributed by atoms with Gasteiger partial charge in [-0.2, -0.15) is 5.10 Å². The molecule has 1 aliphatic rings. The van der Waals surface area contributed by atoms with Crippen LogP contribution in [-0.2, 0) is 13.5 Å². The van der Waals surface area contributed by atoms with E-state index in [-0.39, 0.29) is 6.04 Å². The minimum absolute atomic E-state index is 0.247. The first-order valence-corrected chi connectivity index (χ1v) is 7.16. The van der Waals surface area contributed by atoms with Gasteiger partial charge in [0.2, 0.25) is 0 Å². The minimum atomic E-state index is 0.247. The van der Waals surface area contributed by atoms with Crippen LogP contribution in [0, 0.1) is 6.92 Å². The standard InChI is InChI=1S/C14H26N4/c1-4-12(15)10-13-11(2)16-17(3)14(13)18-8-6-5-7-9-18/h12H,4-10,15H2,1-3H3. The Hall–Kier alpha value is -1.03. The van der Waals surface area contributed by atoms with Crippen molar-refractivity contribution in [2.24, 2.45) is 12.8 Å². The summed E-state index contributed by atoms with van der Waals surface area (Å²) in [6, 6.07) is 0.247. The summed E-state index contributed by atoms with van der Waals surface area (Å²) in [6.45, 7) is 6.57. The van der Waals surface area contributed by atoms with Gasteiger partial charge in [0.25, 0.3) is 0 Å². The van der Waals surface area contributed by atoms with Gasteiger partial charge >= 0.3 is 0 Å². The van der Waals surface area contributed by atoms with Crippen molar-refractivity contribution in [3.05, 3.63) is 11.3 Å².